The summed E-state index contributed by atoms with van der Waals surface area (Å²) in [6.45, 7) is 7.05. The van der Waals surface area contributed by atoms with Gasteiger partial charge < -0.3 is 15.2 Å². The van der Waals surface area contributed by atoms with Crippen LogP contribution in [0.3, 0.4) is 0 Å². The second kappa shape index (κ2) is 7.10. The van der Waals surface area contributed by atoms with Crippen molar-refractivity contribution in [3.63, 3.8) is 0 Å². The van der Waals surface area contributed by atoms with E-state index < -0.39 is 5.60 Å². The van der Waals surface area contributed by atoms with Gasteiger partial charge in [-0.2, -0.15) is 0 Å². The summed E-state index contributed by atoms with van der Waals surface area (Å²) < 4.78 is 10.6. The Morgan fingerprint density at radius 3 is 2.56 bits per heavy atom. The molecule has 0 spiro atoms. The average molecular weight is 257 g/mol. The number of rotatable bonds is 5. The van der Waals surface area contributed by atoms with Crippen molar-refractivity contribution in [2.75, 3.05) is 19.8 Å². The Hall–Kier alpha value is -0.610. The molecule has 1 rings (SSSR count). The largest absolute Gasteiger partial charge is 0.458 e. The Bertz CT molecular complexity index is 260. The molecule has 1 aliphatic rings. The predicted octanol–water partition coefficient (Wildman–Crippen LogP) is 2.11. The van der Waals surface area contributed by atoms with Crippen LogP contribution in [0.15, 0.2) is 0 Å². The van der Waals surface area contributed by atoms with Gasteiger partial charge in [-0.25, -0.2) is 4.79 Å². The minimum Gasteiger partial charge on any atom is -0.458 e. The van der Waals surface area contributed by atoms with Crippen LogP contribution in [-0.4, -0.2) is 31.3 Å². The summed E-state index contributed by atoms with van der Waals surface area (Å²) in [5.74, 6) is 0.900. The predicted molar refractivity (Wildman–Crippen MR) is 71.2 cm³/mol. The van der Waals surface area contributed by atoms with Crippen LogP contribution in [0.4, 0.5) is 0 Å². The molecule has 4 nitrogen and oxygen atoms in total. The van der Waals surface area contributed by atoms with E-state index in [9.17, 15) is 4.79 Å². The summed E-state index contributed by atoms with van der Waals surface area (Å²) in [7, 11) is 0. The van der Waals surface area contributed by atoms with Gasteiger partial charge in [0.1, 0.15) is 12.2 Å². The van der Waals surface area contributed by atoms with Gasteiger partial charge in [0.2, 0.25) is 0 Å². The van der Waals surface area contributed by atoms with E-state index in [1.54, 1.807) is 0 Å². The van der Waals surface area contributed by atoms with Crippen LogP contribution in [0.1, 0.15) is 46.5 Å². The Morgan fingerprint density at radius 1 is 1.28 bits per heavy atom. The van der Waals surface area contributed by atoms with Gasteiger partial charge in [0.25, 0.3) is 0 Å². The molecule has 1 fully saturated rings. The zero-order chi connectivity index (χ0) is 13.6. The fourth-order valence-electron chi connectivity index (χ4n) is 2.45. The average Bonchev–Trinajstić information content (AvgIpc) is 2.27. The lowest BCUT2D eigenvalue weighted by Gasteiger charge is -2.28. The summed E-state index contributed by atoms with van der Waals surface area (Å²) in [6, 6.07) is 0. The zero-order valence-electron chi connectivity index (χ0n) is 11.9. The fourth-order valence-corrected chi connectivity index (χ4v) is 2.45. The van der Waals surface area contributed by atoms with E-state index in [1.807, 2.05) is 20.8 Å². The molecule has 4 heteroatoms. The molecule has 1 aliphatic carbocycles. The van der Waals surface area contributed by atoms with Gasteiger partial charge in [-0.05, 0) is 58.4 Å². The molecule has 0 aliphatic heterocycles. The van der Waals surface area contributed by atoms with Crippen molar-refractivity contribution < 1.29 is 14.3 Å². The highest BCUT2D eigenvalue weighted by Gasteiger charge is 2.22. The second-order valence-electron chi connectivity index (χ2n) is 6.24. The molecule has 2 atom stereocenters. The number of ether oxygens (including phenoxy) is 2. The van der Waals surface area contributed by atoms with Gasteiger partial charge in [0.05, 0.1) is 6.61 Å². The molecular weight excluding hydrogens is 230 g/mol. The highest BCUT2D eigenvalue weighted by molar-refractivity contribution is 5.71. The van der Waals surface area contributed by atoms with Crippen molar-refractivity contribution in [2.24, 2.45) is 17.6 Å². The maximum Gasteiger partial charge on any atom is 0.332 e. The first-order valence-corrected chi connectivity index (χ1v) is 6.90. The first-order valence-electron chi connectivity index (χ1n) is 6.90. The highest BCUT2D eigenvalue weighted by atomic mass is 16.6. The van der Waals surface area contributed by atoms with E-state index in [2.05, 4.69) is 0 Å². The van der Waals surface area contributed by atoms with Crippen LogP contribution in [0.2, 0.25) is 0 Å². The maximum absolute atomic E-state index is 11.5. The number of hydrogen-bond donors (Lipinski definition) is 1. The molecule has 0 aromatic heterocycles. The van der Waals surface area contributed by atoms with E-state index >= 15 is 0 Å². The van der Waals surface area contributed by atoms with Crippen LogP contribution in [0.5, 0.6) is 0 Å². The van der Waals surface area contributed by atoms with Gasteiger partial charge in [-0.15, -0.1) is 0 Å². The molecular formula is C14H27NO3. The van der Waals surface area contributed by atoms with Crippen molar-refractivity contribution in [3.8, 4) is 0 Å². The van der Waals surface area contributed by atoms with Gasteiger partial charge in [-0.1, -0.05) is 6.42 Å². The molecule has 0 amide bonds. The number of carbonyl (C=O) groups is 1. The van der Waals surface area contributed by atoms with Gasteiger partial charge >= 0.3 is 5.97 Å². The fraction of sp³-hybridized carbons (Fsp3) is 0.929. The molecule has 0 saturated heterocycles. The third kappa shape index (κ3) is 6.36. The summed E-state index contributed by atoms with van der Waals surface area (Å²) in [4.78, 5) is 11.5. The Labute approximate surface area is 110 Å². The molecule has 0 aromatic rings. The molecule has 2 N–H and O–H groups in total. The van der Waals surface area contributed by atoms with Crippen molar-refractivity contribution >= 4 is 5.97 Å². The zero-order valence-corrected chi connectivity index (χ0v) is 11.9. The summed E-state index contributed by atoms with van der Waals surface area (Å²) in [6.07, 6.45) is 4.77. The lowest BCUT2D eigenvalue weighted by molar-refractivity contribution is -0.160. The second-order valence-corrected chi connectivity index (χ2v) is 6.24. The van der Waals surface area contributed by atoms with E-state index in [0.29, 0.717) is 18.4 Å². The number of nitrogens with two attached hydrogens (primary N) is 1. The SMILES string of the molecule is CC(C)(C)OC(=O)COCC1CCCC(CN)C1. The first kappa shape index (κ1) is 15.4. The molecule has 0 heterocycles. The Morgan fingerprint density at radius 2 is 1.94 bits per heavy atom. The molecule has 0 radical (unpaired) electrons. The third-order valence-corrected chi connectivity index (χ3v) is 3.22. The Kier molecular flexibility index (Phi) is 6.09. The molecule has 1 saturated carbocycles. The van der Waals surface area contributed by atoms with Crippen LogP contribution >= 0.6 is 0 Å². The van der Waals surface area contributed by atoms with Crippen LogP contribution in [0.25, 0.3) is 0 Å². The van der Waals surface area contributed by atoms with E-state index in [0.717, 1.165) is 13.0 Å². The Balaban J connectivity index is 2.15. The number of hydrogen-bond acceptors (Lipinski definition) is 4. The summed E-state index contributed by atoms with van der Waals surface area (Å²) in [5.41, 5.74) is 5.26. The standard InChI is InChI=1S/C14H27NO3/c1-14(2,3)18-13(16)10-17-9-12-6-4-5-11(7-12)8-15/h11-12H,4-10,15H2,1-3H3. The highest BCUT2D eigenvalue weighted by Crippen LogP contribution is 2.28. The smallest absolute Gasteiger partial charge is 0.332 e. The molecule has 0 bridgehead atoms. The minimum absolute atomic E-state index is 0.0566. The molecule has 18 heavy (non-hydrogen) atoms. The number of esters is 1. The third-order valence-electron chi connectivity index (χ3n) is 3.22. The van der Waals surface area contributed by atoms with Crippen LogP contribution in [0, 0.1) is 11.8 Å². The van der Waals surface area contributed by atoms with E-state index in [4.69, 9.17) is 15.2 Å². The van der Waals surface area contributed by atoms with Gasteiger partial charge in [0, 0.05) is 0 Å². The maximum atomic E-state index is 11.5. The van der Waals surface area contributed by atoms with E-state index in [-0.39, 0.29) is 12.6 Å². The summed E-state index contributed by atoms with van der Waals surface area (Å²) in [5, 5.41) is 0. The number of carbonyl (C=O) groups excluding carboxylic acids is 1. The van der Waals surface area contributed by atoms with Crippen LogP contribution < -0.4 is 5.73 Å². The normalized spacial score (nSPS) is 24.9. The topological polar surface area (TPSA) is 61.5 Å². The lowest BCUT2D eigenvalue weighted by Crippen LogP contribution is -2.28. The molecule has 0 aromatic carbocycles. The van der Waals surface area contributed by atoms with E-state index in [1.165, 1.54) is 19.3 Å². The van der Waals surface area contributed by atoms with Gasteiger partial charge in [-0.3, -0.25) is 0 Å². The molecule has 106 valence electrons. The monoisotopic (exact) mass is 257 g/mol. The molecule has 2 unspecified atom stereocenters. The minimum atomic E-state index is -0.435. The van der Waals surface area contributed by atoms with Crippen molar-refractivity contribution in [1.29, 1.82) is 0 Å². The van der Waals surface area contributed by atoms with Crippen molar-refractivity contribution in [3.05, 3.63) is 0 Å². The quantitative estimate of drug-likeness (QED) is 0.766. The van der Waals surface area contributed by atoms with Crippen molar-refractivity contribution in [1.82, 2.24) is 0 Å². The first-order chi connectivity index (χ1) is 8.40. The summed E-state index contributed by atoms with van der Waals surface area (Å²) >= 11 is 0. The van der Waals surface area contributed by atoms with Crippen LogP contribution in [-0.2, 0) is 14.3 Å². The van der Waals surface area contributed by atoms with Crippen molar-refractivity contribution in [2.45, 2.75) is 52.1 Å². The lowest BCUT2D eigenvalue weighted by atomic mass is 9.82. The van der Waals surface area contributed by atoms with Gasteiger partial charge in [0.15, 0.2) is 0 Å².